The number of thiophene rings is 1. The van der Waals surface area contributed by atoms with Crippen LogP contribution in [0.4, 0.5) is 0 Å². The van der Waals surface area contributed by atoms with Gasteiger partial charge in [0.05, 0.1) is 6.54 Å². The van der Waals surface area contributed by atoms with Crippen molar-refractivity contribution in [3.8, 4) is 0 Å². The molecule has 0 radical (unpaired) electrons. The predicted octanol–water partition coefficient (Wildman–Crippen LogP) is 4.44. The highest BCUT2D eigenvalue weighted by Gasteiger charge is 2.22. The molecular weight excluding hydrogens is 310 g/mol. The van der Waals surface area contributed by atoms with Gasteiger partial charge in [-0.15, -0.1) is 11.3 Å². The van der Waals surface area contributed by atoms with Gasteiger partial charge in [0.1, 0.15) is 0 Å². The van der Waals surface area contributed by atoms with Gasteiger partial charge in [-0.1, -0.05) is 19.8 Å². The number of nitrogens with zero attached hydrogens (tertiary/aromatic N) is 1. The van der Waals surface area contributed by atoms with E-state index in [2.05, 4.69) is 34.3 Å². The third-order valence-electron chi connectivity index (χ3n) is 3.65. The van der Waals surface area contributed by atoms with E-state index >= 15 is 0 Å². The number of hydrogen-bond acceptors (Lipinski definition) is 2. The molecular formula is C14H20BrNOS. The van der Waals surface area contributed by atoms with Gasteiger partial charge in [-0.05, 0) is 46.1 Å². The molecule has 0 aliphatic carbocycles. The van der Waals surface area contributed by atoms with Gasteiger partial charge < -0.3 is 4.90 Å². The van der Waals surface area contributed by atoms with Crippen LogP contribution < -0.4 is 0 Å². The molecule has 0 spiro atoms. The second-order valence-corrected chi connectivity index (χ2v) is 6.84. The zero-order valence-corrected chi connectivity index (χ0v) is 13.2. The van der Waals surface area contributed by atoms with E-state index in [0.717, 1.165) is 36.3 Å². The summed E-state index contributed by atoms with van der Waals surface area (Å²) in [5.74, 6) is 1.07. The number of hydrogen-bond donors (Lipinski definition) is 0. The van der Waals surface area contributed by atoms with E-state index in [4.69, 9.17) is 0 Å². The van der Waals surface area contributed by atoms with Gasteiger partial charge in [0, 0.05) is 22.3 Å². The van der Waals surface area contributed by atoms with E-state index in [9.17, 15) is 4.79 Å². The molecule has 1 saturated heterocycles. The zero-order valence-electron chi connectivity index (χ0n) is 10.8. The molecule has 1 aromatic rings. The number of likely N-dealkylation sites (tertiary alicyclic amines) is 1. The van der Waals surface area contributed by atoms with Crippen molar-refractivity contribution in [3.63, 3.8) is 0 Å². The summed E-state index contributed by atoms with van der Waals surface area (Å²) in [7, 11) is 0. The third-order valence-corrected chi connectivity index (χ3v) is 5.56. The molecule has 18 heavy (non-hydrogen) atoms. The summed E-state index contributed by atoms with van der Waals surface area (Å²) in [4.78, 5) is 15.4. The van der Waals surface area contributed by atoms with Gasteiger partial charge in [0.2, 0.25) is 5.91 Å². The van der Waals surface area contributed by atoms with E-state index in [1.807, 2.05) is 4.90 Å². The fourth-order valence-corrected chi connectivity index (χ4v) is 4.06. The zero-order chi connectivity index (χ0) is 13.0. The molecule has 0 N–H and O–H groups in total. The largest absolute Gasteiger partial charge is 0.338 e. The summed E-state index contributed by atoms with van der Waals surface area (Å²) < 4.78 is 1.13. The van der Waals surface area contributed by atoms with Gasteiger partial charge in [-0.3, -0.25) is 4.79 Å². The van der Waals surface area contributed by atoms with Crippen molar-refractivity contribution < 1.29 is 4.79 Å². The normalized spacial score (nSPS) is 21.1. The minimum absolute atomic E-state index is 0.328. The van der Waals surface area contributed by atoms with Crippen LogP contribution in [0.3, 0.4) is 0 Å². The van der Waals surface area contributed by atoms with Crippen LogP contribution in [0.1, 0.15) is 43.9 Å². The molecule has 0 saturated carbocycles. The van der Waals surface area contributed by atoms with Gasteiger partial charge in [0.15, 0.2) is 0 Å². The quantitative estimate of drug-likeness (QED) is 0.799. The molecule has 2 rings (SSSR count). The molecule has 100 valence electrons. The monoisotopic (exact) mass is 329 g/mol. The number of carbonyl (C=O) groups excluding carboxylic acids is 1. The smallest absolute Gasteiger partial charge is 0.222 e. The van der Waals surface area contributed by atoms with Crippen LogP contribution in [0.25, 0.3) is 0 Å². The fourth-order valence-electron chi connectivity index (χ4n) is 2.57. The molecule has 4 heteroatoms. The third kappa shape index (κ3) is 3.58. The Morgan fingerprint density at radius 2 is 2.33 bits per heavy atom. The Kier molecular flexibility index (Phi) is 5.25. The van der Waals surface area contributed by atoms with Crippen molar-refractivity contribution in [2.75, 3.05) is 6.54 Å². The van der Waals surface area contributed by atoms with Crippen molar-refractivity contribution in [2.45, 2.75) is 45.6 Å². The summed E-state index contributed by atoms with van der Waals surface area (Å²) in [5.41, 5.74) is 0. The Balaban J connectivity index is 1.96. The van der Waals surface area contributed by atoms with Crippen LogP contribution in [0.5, 0.6) is 0 Å². The second-order valence-electron chi connectivity index (χ2n) is 4.99. The Morgan fingerprint density at radius 1 is 1.50 bits per heavy atom. The topological polar surface area (TPSA) is 20.3 Å². The first-order chi connectivity index (χ1) is 8.70. The van der Waals surface area contributed by atoms with Gasteiger partial charge in [-0.25, -0.2) is 0 Å². The van der Waals surface area contributed by atoms with E-state index in [1.165, 1.54) is 24.1 Å². The number of halogens is 1. The predicted molar refractivity (Wildman–Crippen MR) is 79.7 cm³/mol. The summed E-state index contributed by atoms with van der Waals surface area (Å²) in [6, 6.07) is 2.06. The lowest BCUT2D eigenvalue weighted by molar-refractivity contribution is -0.131. The maximum absolute atomic E-state index is 12.1. The number of amides is 1. The average Bonchev–Trinajstić information content (AvgIpc) is 2.67. The van der Waals surface area contributed by atoms with Crippen molar-refractivity contribution in [1.82, 2.24) is 4.90 Å². The molecule has 1 amide bonds. The SMILES string of the molecule is CCCC1CCC(=O)N(Cc2sccc2Br)CC1. The Morgan fingerprint density at radius 3 is 3.00 bits per heavy atom. The lowest BCUT2D eigenvalue weighted by Gasteiger charge is -2.20. The highest BCUT2D eigenvalue weighted by Crippen LogP contribution is 2.27. The standard InChI is InChI=1S/C14H20BrNOS/c1-2-3-11-4-5-14(17)16(8-6-11)10-13-12(15)7-9-18-13/h7,9,11H,2-6,8,10H2,1H3. The maximum atomic E-state index is 12.1. The highest BCUT2D eigenvalue weighted by molar-refractivity contribution is 9.10. The lowest BCUT2D eigenvalue weighted by atomic mass is 9.96. The summed E-state index contributed by atoms with van der Waals surface area (Å²) in [5, 5.41) is 2.07. The second kappa shape index (κ2) is 6.71. The van der Waals surface area contributed by atoms with E-state index in [-0.39, 0.29) is 0 Å². The van der Waals surface area contributed by atoms with E-state index in [1.54, 1.807) is 11.3 Å². The molecule has 2 nitrogen and oxygen atoms in total. The van der Waals surface area contributed by atoms with Crippen LogP contribution in [0.2, 0.25) is 0 Å². The maximum Gasteiger partial charge on any atom is 0.222 e. The lowest BCUT2D eigenvalue weighted by Crippen LogP contribution is -2.29. The molecule has 1 aliphatic rings. The summed E-state index contributed by atoms with van der Waals surface area (Å²) >= 11 is 5.26. The van der Waals surface area contributed by atoms with Gasteiger partial charge >= 0.3 is 0 Å². The minimum atomic E-state index is 0.328. The van der Waals surface area contributed by atoms with Gasteiger partial charge in [-0.2, -0.15) is 0 Å². The molecule has 1 fully saturated rings. The highest BCUT2D eigenvalue weighted by atomic mass is 79.9. The number of rotatable bonds is 4. The molecule has 1 aliphatic heterocycles. The number of carbonyl (C=O) groups is 1. The fraction of sp³-hybridized carbons (Fsp3) is 0.643. The molecule has 1 atom stereocenters. The molecule has 0 bridgehead atoms. The van der Waals surface area contributed by atoms with E-state index < -0.39 is 0 Å². The van der Waals surface area contributed by atoms with Crippen LogP contribution >= 0.6 is 27.3 Å². The molecule has 1 aromatic heterocycles. The first-order valence-corrected chi connectivity index (χ1v) is 8.37. The Labute approximate surface area is 122 Å². The Hall–Kier alpha value is -0.350. The summed E-state index contributed by atoms with van der Waals surface area (Å²) in [6.45, 7) is 3.93. The van der Waals surface area contributed by atoms with Crippen LogP contribution in [-0.4, -0.2) is 17.4 Å². The van der Waals surface area contributed by atoms with Crippen LogP contribution in [0, 0.1) is 5.92 Å². The molecule has 0 aromatic carbocycles. The molecule has 2 heterocycles. The minimum Gasteiger partial charge on any atom is -0.338 e. The van der Waals surface area contributed by atoms with Crippen LogP contribution in [0.15, 0.2) is 15.9 Å². The van der Waals surface area contributed by atoms with Gasteiger partial charge in [0.25, 0.3) is 0 Å². The summed E-state index contributed by atoms with van der Waals surface area (Å²) in [6.07, 6.45) is 5.48. The Bertz CT molecular complexity index is 404. The van der Waals surface area contributed by atoms with Crippen LogP contribution in [-0.2, 0) is 11.3 Å². The average molecular weight is 330 g/mol. The van der Waals surface area contributed by atoms with Crippen molar-refractivity contribution in [1.29, 1.82) is 0 Å². The molecule has 1 unspecified atom stereocenters. The van der Waals surface area contributed by atoms with Crippen molar-refractivity contribution in [3.05, 3.63) is 20.8 Å². The first-order valence-electron chi connectivity index (χ1n) is 6.70. The van der Waals surface area contributed by atoms with Crippen molar-refractivity contribution >= 4 is 33.2 Å². The first kappa shape index (κ1) is 14.1. The van der Waals surface area contributed by atoms with Crippen molar-refractivity contribution in [2.24, 2.45) is 5.92 Å². The van der Waals surface area contributed by atoms with E-state index in [0.29, 0.717) is 5.91 Å².